The summed E-state index contributed by atoms with van der Waals surface area (Å²) in [6.07, 6.45) is 1.01. The average molecular weight is 510 g/mol. The summed E-state index contributed by atoms with van der Waals surface area (Å²) in [6, 6.07) is 11.1. The maximum atomic E-state index is 13.5. The highest BCUT2D eigenvalue weighted by Gasteiger charge is 2.30. The topological polar surface area (TPSA) is 96.0 Å². The van der Waals surface area contributed by atoms with E-state index in [4.69, 9.17) is 16.3 Å². The number of benzene rings is 2. The van der Waals surface area contributed by atoms with Crippen molar-refractivity contribution in [1.29, 1.82) is 0 Å². The van der Waals surface area contributed by atoms with Crippen LogP contribution in [0.2, 0.25) is 5.02 Å². The van der Waals surface area contributed by atoms with Crippen LogP contribution in [-0.2, 0) is 26.2 Å². The molecule has 2 aromatic rings. The van der Waals surface area contributed by atoms with Gasteiger partial charge in [-0.1, -0.05) is 41.4 Å². The summed E-state index contributed by atoms with van der Waals surface area (Å²) in [5.41, 5.74) is 2.06. The molecule has 0 aliphatic rings. The van der Waals surface area contributed by atoms with Crippen LogP contribution in [0.5, 0.6) is 5.75 Å². The number of nitrogens with one attached hydrogen (secondary N) is 1. The highest BCUT2D eigenvalue weighted by Crippen LogP contribution is 2.30. The van der Waals surface area contributed by atoms with Crippen molar-refractivity contribution in [1.82, 2.24) is 10.2 Å². The zero-order chi connectivity index (χ0) is 25.6. The first-order valence-electron chi connectivity index (χ1n) is 10.8. The molecule has 0 saturated carbocycles. The number of carbonyl (C=O) groups is 2. The molecule has 0 saturated heterocycles. The highest BCUT2D eigenvalue weighted by molar-refractivity contribution is 7.92. The predicted octanol–water partition coefficient (Wildman–Crippen LogP) is 3.36. The largest absolute Gasteiger partial charge is 0.495 e. The molecule has 34 heavy (non-hydrogen) atoms. The second-order valence-corrected chi connectivity index (χ2v) is 10.8. The van der Waals surface area contributed by atoms with Gasteiger partial charge in [0.2, 0.25) is 21.8 Å². The number of ether oxygens (including phenoxy) is 1. The summed E-state index contributed by atoms with van der Waals surface area (Å²) < 4.78 is 31.3. The zero-order valence-corrected chi connectivity index (χ0v) is 21.9. The van der Waals surface area contributed by atoms with Gasteiger partial charge in [-0.15, -0.1) is 0 Å². The van der Waals surface area contributed by atoms with Crippen molar-refractivity contribution in [2.45, 2.75) is 46.3 Å². The molecule has 1 N–H and O–H groups in total. The van der Waals surface area contributed by atoms with Gasteiger partial charge in [0.05, 0.1) is 24.1 Å². The average Bonchev–Trinajstić information content (AvgIpc) is 2.74. The van der Waals surface area contributed by atoms with E-state index in [-0.39, 0.29) is 29.2 Å². The second-order valence-electron chi connectivity index (χ2n) is 8.44. The fourth-order valence-corrected chi connectivity index (χ4v) is 4.51. The van der Waals surface area contributed by atoms with E-state index < -0.39 is 28.5 Å². The number of methoxy groups -OCH3 is 1. The van der Waals surface area contributed by atoms with Crippen LogP contribution in [0.25, 0.3) is 0 Å². The van der Waals surface area contributed by atoms with Crippen LogP contribution in [0.4, 0.5) is 5.69 Å². The fraction of sp³-hybridized carbons (Fsp3) is 0.417. The number of rotatable bonds is 10. The second kappa shape index (κ2) is 11.6. The third kappa shape index (κ3) is 7.36. The van der Waals surface area contributed by atoms with Crippen molar-refractivity contribution < 1.29 is 22.7 Å². The predicted molar refractivity (Wildman–Crippen MR) is 135 cm³/mol. The Balaban J connectivity index is 2.42. The van der Waals surface area contributed by atoms with Crippen LogP contribution in [-0.4, -0.2) is 57.1 Å². The van der Waals surface area contributed by atoms with E-state index in [1.807, 2.05) is 45.0 Å². The van der Waals surface area contributed by atoms with Crippen LogP contribution in [0.15, 0.2) is 42.5 Å². The summed E-state index contributed by atoms with van der Waals surface area (Å²) in [4.78, 5) is 27.6. The van der Waals surface area contributed by atoms with E-state index in [1.54, 1.807) is 6.92 Å². The van der Waals surface area contributed by atoms with Crippen molar-refractivity contribution in [2.75, 3.05) is 24.2 Å². The van der Waals surface area contributed by atoms with Crippen molar-refractivity contribution in [3.63, 3.8) is 0 Å². The minimum Gasteiger partial charge on any atom is -0.495 e. The van der Waals surface area contributed by atoms with Crippen molar-refractivity contribution in [3.05, 3.63) is 58.6 Å². The first-order valence-corrected chi connectivity index (χ1v) is 13.0. The summed E-state index contributed by atoms with van der Waals surface area (Å²) in [5.74, 6) is -0.468. The Kier molecular flexibility index (Phi) is 9.35. The first kappa shape index (κ1) is 27.5. The van der Waals surface area contributed by atoms with E-state index in [0.717, 1.165) is 21.7 Å². The Hall–Kier alpha value is -2.78. The van der Waals surface area contributed by atoms with Gasteiger partial charge >= 0.3 is 0 Å². The van der Waals surface area contributed by atoms with Gasteiger partial charge < -0.3 is 15.0 Å². The molecule has 0 aromatic heterocycles. The fourth-order valence-electron chi connectivity index (χ4n) is 3.42. The number of hydrogen-bond donors (Lipinski definition) is 1. The van der Waals surface area contributed by atoms with E-state index in [2.05, 4.69) is 5.32 Å². The minimum absolute atomic E-state index is 0.111. The summed E-state index contributed by atoms with van der Waals surface area (Å²) in [6.45, 7) is 6.87. The molecule has 0 radical (unpaired) electrons. The highest BCUT2D eigenvalue weighted by atomic mass is 35.5. The molecule has 0 spiro atoms. The van der Waals surface area contributed by atoms with Gasteiger partial charge in [-0.05, 0) is 51.5 Å². The molecule has 8 nitrogen and oxygen atoms in total. The first-order chi connectivity index (χ1) is 15.8. The van der Waals surface area contributed by atoms with Crippen LogP contribution < -0.4 is 14.4 Å². The lowest BCUT2D eigenvalue weighted by atomic mass is 10.1. The zero-order valence-electron chi connectivity index (χ0n) is 20.3. The van der Waals surface area contributed by atoms with Crippen LogP contribution >= 0.6 is 11.6 Å². The maximum Gasteiger partial charge on any atom is 0.244 e. The molecular formula is C24H32ClN3O5S. The molecule has 0 fully saturated rings. The quantitative estimate of drug-likeness (QED) is 0.529. The molecule has 0 aliphatic heterocycles. The van der Waals surface area contributed by atoms with E-state index in [1.165, 1.54) is 30.2 Å². The molecule has 2 amide bonds. The summed E-state index contributed by atoms with van der Waals surface area (Å²) in [5, 5.41) is 3.02. The van der Waals surface area contributed by atoms with Gasteiger partial charge in [0.1, 0.15) is 18.3 Å². The number of anilines is 1. The smallest absolute Gasteiger partial charge is 0.244 e. The number of hydrogen-bond acceptors (Lipinski definition) is 5. The van der Waals surface area contributed by atoms with Gasteiger partial charge in [0.15, 0.2) is 0 Å². The maximum absolute atomic E-state index is 13.5. The standard InChI is InChI=1S/C24H32ClN3O5S/c1-16(2)26-24(30)18(4)27(14-19-9-7-8-17(3)12-19)23(29)15-28(34(6,31)32)20-10-11-22(33-5)21(25)13-20/h7-13,16,18H,14-15H2,1-6H3,(H,26,30)/t18-/m1/s1. The van der Waals surface area contributed by atoms with Gasteiger partial charge in [0.25, 0.3) is 0 Å². The third-order valence-electron chi connectivity index (χ3n) is 5.14. The number of carbonyl (C=O) groups excluding carboxylic acids is 2. The SMILES string of the molecule is COc1ccc(N(CC(=O)N(Cc2cccc(C)c2)[C@H](C)C(=O)NC(C)C)S(C)(=O)=O)cc1Cl. The van der Waals surface area contributed by atoms with E-state index in [0.29, 0.717) is 5.75 Å². The number of nitrogens with zero attached hydrogens (tertiary/aromatic N) is 2. The third-order valence-corrected chi connectivity index (χ3v) is 6.57. The van der Waals surface area contributed by atoms with Crippen molar-refractivity contribution >= 4 is 39.1 Å². The van der Waals surface area contributed by atoms with Gasteiger partial charge in [0, 0.05) is 12.6 Å². The molecule has 0 unspecified atom stereocenters. The summed E-state index contributed by atoms with van der Waals surface area (Å²) >= 11 is 6.19. The number of halogens is 1. The number of sulfonamides is 1. The molecule has 10 heteroatoms. The van der Waals surface area contributed by atoms with Crippen LogP contribution in [0.1, 0.15) is 31.9 Å². The number of amides is 2. The lowest BCUT2D eigenvalue weighted by Gasteiger charge is -2.32. The molecule has 1 atom stereocenters. The Morgan fingerprint density at radius 1 is 1.12 bits per heavy atom. The Morgan fingerprint density at radius 3 is 2.32 bits per heavy atom. The Morgan fingerprint density at radius 2 is 1.79 bits per heavy atom. The van der Waals surface area contributed by atoms with Gasteiger partial charge in [-0.2, -0.15) is 0 Å². The molecule has 0 bridgehead atoms. The van der Waals surface area contributed by atoms with Gasteiger partial charge in [-0.3, -0.25) is 13.9 Å². The minimum atomic E-state index is -3.84. The normalized spacial score (nSPS) is 12.2. The molecule has 2 rings (SSSR count). The van der Waals surface area contributed by atoms with E-state index in [9.17, 15) is 18.0 Å². The van der Waals surface area contributed by atoms with Crippen LogP contribution in [0.3, 0.4) is 0 Å². The summed E-state index contributed by atoms with van der Waals surface area (Å²) in [7, 11) is -2.39. The van der Waals surface area contributed by atoms with Gasteiger partial charge in [-0.25, -0.2) is 8.42 Å². The Labute approximate surface area is 206 Å². The monoisotopic (exact) mass is 509 g/mol. The molecule has 2 aromatic carbocycles. The molecule has 0 aliphatic carbocycles. The molecular weight excluding hydrogens is 478 g/mol. The lowest BCUT2D eigenvalue weighted by Crippen LogP contribution is -2.52. The lowest BCUT2D eigenvalue weighted by molar-refractivity contribution is -0.139. The Bertz CT molecular complexity index is 1140. The number of aryl methyl sites for hydroxylation is 1. The van der Waals surface area contributed by atoms with Crippen molar-refractivity contribution in [3.8, 4) is 5.75 Å². The van der Waals surface area contributed by atoms with Crippen LogP contribution in [0, 0.1) is 6.92 Å². The van der Waals surface area contributed by atoms with Crippen molar-refractivity contribution in [2.24, 2.45) is 0 Å². The molecule has 186 valence electrons. The molecule has 0 heterocycles. The van der Waals surface area contributed by atoms with E-state index >= 15 is 0 Å².